The molecule has 0 spiro atoms. The van der Waals surface area contributed by atoms with Crippen molar-refractivity contribution in [3.63, 3.8) is 0 Å². The van der Waals surface area contributed by atoms with Crippen LogP contribution < -0.4 is 10.6 Å². The number of hydrogen-bond donors (Lipinski definition) is 2. The Hall–Kier alpha value is -3.31. The number of nitrogens with one attached hydrogen (secondary N) is 2. The Morgan fingerprint density at radius 3 is 2.55 bits per heavy atom. The molecule has 0 unspecified atom stereocenters. The van der Waals surface area contributed by atoms with E-state index >= 15 is 0 Å². The molecule has 4 rings (SSSR count). The molecule has 1 saturated carbocycles. The number of alkyl halides is 5. The monoisotopic (exact) mass is 412 g/mol. The van der Waals surface area contributed by atoms with Gasteiger partial charge in [-0.15, -0.1) is 0 Å². The number of nitrogens with zero attached hydrogens (tertiary/aromatic N) is 4. The van der Waals surface area contributed by atoms with Crippen LogP contribution in [0, 0.1) is 0 Å². The smallest absolute Gasteiger partial charge is 0.308 e. The first-order chi connectivity index (χ1) is 13.7. The predicted molar refractivity (Wildman–Crippen MR) is 91.8 cm³/mol. The molecule has 1 fully saturated rings. The molecule has 3 aromatic rings. The van der Waals surface area contributed by atoms with Gasteiger partial charge in [0, 0.05) is 18.0 Å². The largest absolute Gasteiger partial charge is 0.400 e. The average molecular weight is 412 g/mol. The van der Waals surface area contributed by atoms with E-state index in [0.717, 1.165) is 23.0 Å². The lowest BCUT2D eigenvalue weighted by Crippen LogP contribution is -2.33. The second-order valence-electron chi connectivity index (χ2n) is 6.55. The van der Waals surface area contributed by atoms with Gasteiger partial charge >= 0.3 is 12.2 Å². The molecule has 2 amide bonds. The fraction of sp³-hybridized carbons (Fsp3) is 0.294. The van der Waals surface area contributed by atoms with Gasteiger partial charge in [0.2, 0.25) is 0 Å². The van der Waals surface area contributed by atoms with Crippen LogP contribution in [0.3, 0.4) is 0 Å². The highest BCUT2D eigenvalue weighted by atomic mass is 19.4. The summed E-state index contributed by atoms with van der Waals surface area (Å²) in [7, 11) is 0. The fourth-order valence-electron chi connectivity index (χ4n) is 3.13. The van der Waals surface area contributed by atoms with Gasteiger partial charge in [0.05, 0.1) is 23.8 Å². The van der Waals surface area contributed by atoms with Crippen LogP contribution in [0.15, 0.2) is 36.8 Å². The molecule has 0 bridgehead atoms. The van der Waals surface area contributed by atoms with Gasteiger partial charge in [-0.2, -0.15) is 18.3 Å². The highest BCUT2D eigenvalue weighted by Crippen LogP contribution is 2.60. The number of pyridine rings is 1. The molecular weight excluding hydrogens is 399 g/mol. The van der Waals surface area contributed by atoms with Crippen molar-refractivity contribution in [1.29, 1.82) is 0 Å². The van der Waals surface area contributed by atoms with E-state index in [2.05, 4.69) is 25.7 Å². The summed E-state index contributed by atoms with van der Waals surface area (Å²) in [5.41, 5.74) is -2.86. The van der Waals surface area contributed by atoms with E-state index in [4.69, 9.17) is 0 Å². The first-order valence-corrected chi connectivity index (χ1v) is 8.43. The minimum absolute atomic E-state index is 0.0134. The maximum absolute atomic E-state index is 13.7. The van der Waals surface area contributed by atoms with Crippen LogP contribution in [-0.2, 0) is 5.41 Å². The Balaban J connectivity index is 1.66. The van der Waals surface area contributed by atoms with Crippen molar-refractivity contribution in [3.05, 3.63) is 48.2 Å². The zero-order valence-corrected chi connectivity index (χ0v) is 14.5. The average Bonchev–Trinajstić information content (AvgIpc) is 3.32. The van der Waals surface area contributed by atoms with Crippen LogP contribution in [0.5, 0.6) is 0 Å². The van der Waals surface area contributed by atoms with E-state index in [1.54, 1.807) is 0 Å². The number of aromatic nitrogens is 4. The first-order valence-electron chi connectivity index (χ1n) is 8.43. The Kier molecular flexibility index (Phi) is 4.35. The van der Waals surface area contributed by atoms with Crippen LogP contribution in [0.2, 0.25) is 0 Å². The van der Waals surface area contributed by atoms with Gasteiger partial charge in [0.15, 0.2) is 5.65 Å². The lowest BCUT2D eigenvalue weighted by Gasteiger charge is -2.23. The zero-order chi connectivity index (χ0) is 20.8. The summed E-state index contributed by atoms with van der Waals surface area (Å²) in [5.74, 6) is 0. The molecule has 0 saturated heterocycles. The Morgan fingerprint density at radius 2 is 1.90 bits per heavy atom. The van der Waals surface area contributed by atoms with Crippen LogP contribution in [0.1, 0.15) is 30.7 Å². The molecule has 1 aliphatic carbocycles. The van der Waals surface area contributed by atoms with Gasteiger partial charge in [-0.3, -0.25) is 4.98 Å². The number of hydrogen-bond acceptors (Lipinski definition) is 4. The summed E-state index contributed by atoms with van der Waals surface area (Å²) < 4.78 is 67.7. The molecule has 1 aliphatic rings. The molecule has 29 heavy (non-hydrogen) atoms. The van der Waals surface area contributed by atoms with Gasteiger partial charge < -0.3 is 10.6 Å². The van der Waals surface area contributed by atoms with E-state index < -0.39 is 29.7 Å². The summed E-state index contributed by atoms with van der Waals surface area (Å²) in [6.07, 6.45) is -4.15. The van der Waals surface area contributed by atoms with Crippen molar-refractivity contribution < 1.29 is 26.7 Å². The Bertz CT molecular complexity index is 1080. The number of halogens is 5. The second kappa shape index (κ2) is 6.64. The maximum Gasteiger partial charge on any atom is 0.400 e. The van der Waals surface area contributed by atoms with Gasteiger partial charge in [-0.05, 0) is 25.0 Å². The minimum Gasteiger partial charge on any atom is -0.308 e. The Labute approximate surface area is 160 Å². The highest BCUT2D eigenvalue weighted by molar-refractivity contribution is 6.00. The molecule has 12 heteroatoms. The molecule has 3 heterocycles. The molecule has 0 aliphatic heterocycles. The third kappa shape index (κ3) is 3.34. The highest BCUT2D eigenvalue weighted by Gasteiger charge is 2.66. The molecule has 0 atom stereocenters. The van der Waals surface area contributed by atoms with Crippen LogP contribution in [0.25, 0.3) is 5.65 Å². The Morgan fingerprint density at radius 1 is 1.14 bits per heavy atom. The first kappa shape index (κ1) is 19.0. The third-order valence-electron chi connectivity index (χ3n) is 4.67. The molecule has 3 aromatic heterocycles. The van der Waals surface area contributed by atoms with Gasteiger partial charge in [-0.1, -0.05) is 0 Å². The number of carbonyl (C=O) groups is 1. The van der Waals surface area contributed by atoms with Crippen molar-refractivity contribution in [2.75, 3.05) is 10.6 Å². The van der Waals surface area contributed by atoms with E-state index in [1.807, 2.05) is 0 Å². The summed E-state index contributed by atoms with van der Waals surface area (Å²) in [4.78, 5) is 19.8. The maximum atomic E-state index is 13.7. The van der Waals surface area contributed by atoms with Crippen LogP contribution in [0.4, 0.5) is 38.1 Å². The summed E-state index contributed by atoms with van der Waals surface area (Å²) >= 11 is 0. The normalized spacial score (nSPS) is 15.5. The van der Waals surface area contributed by atoms with Gasteiger partial charge in [0.1, 0.15) is 11.1 Å². The van der Waals surface area contributed by atoms with Crippen LogP contribution >= 0.6 is 0 Å². The number of carbonyl (C=O) groups excluding carboxylic acids is 1. The molecular formula is C17H13F5N6O. The van der Waals surface area contributed by atoms with Gasteiger partial charge in [0.25, 0.3) is 6.43 Å². The van der Waals surface area contributed by atoms with E-state index in [1.165, 1.54) is 18.3 Å². The van der Waals surface area contributed by atoms with Crippen LogP contribution in [-0.4, -0.2) is 31.8 Å². The summed E-state index contributed by atoms with van der Waals surface area (Å²) in [6.45, 7) is 0. The predicted octanol–water partition coefficient (Wildman–Crippen LogP) is 4.30. The van der Waals surface area contributed by atoms with Gasteiger partial charge in [-0.25, -0.2) is 23.1 Å². The minimum atomic E-state index is -4.54. The van der Waals surface area contributed by atoms with E-state index in [9.17, 15) is 26.7 Å². The number of anilines is 2. The van der Waals surface area contributed by atoms with Crippen molar-refractivity contribution in [1.82, 2.24) is 19.6 Å². The quantitative estimate of drug-likeness (QED) is 0.626. The number of amides is 2. The lowest BCUT2D eigenvalue weighted by atomic mass is 10.00. The number of fused-ring (bicyclic) bond motifs is 1. The standard InChI is InChI=1S/C17H13F5N6O/c18-14(19)10-7-9(1-5-23-10)26-15(29)27-11-8-24-12-2-6-25-28(12)13(11)16(3-4-16)17(20,21)22/h1-2,5-8,14H,3-4H2,(H2,23,26,27,29). The molecule has 7 nitrogen and oxygen atoms in total. The summed E-state index contributed by atoms with van der Waals surface area (Å²) in [5, 5.41) is 8.54. The topological polar surface area (TPSA) is 84.2 Å². The number of urea groups is 1. The fourth-order valence-corrected chi connectivity index (χ4v) is 3.13. The molecule has 2 N–H and O–H groups in total. The number of rotatable bonds is 4. The van der Waals surface area contributed by atoms with Crippen molar-refractivity contribution in [2.45, 2.75) is 30.9 Å². The lowest BCUT2D eigenvalue weighted by molar-refractivity contribution is -0.161. The summed E-state index contributed by atoms with van der Waals surface area (Å²) in [6, 6.07) is 2.78. The van der Waals surface area contributed by atoms with Crippen molar-refractivity contribution in [3.8, 4) is 0 Å². The second-order valence-corrected chi connectivity index (χ2v) is 6.55. The zero-order valence-electron chi connectivity index (χ0n) is 14.5. The van der Waals surface area contributed by atoms with E-state index in [-0.39, 0.29) is 35.6 Å². The van der Waals surface area contributed by atoms with Crippen molar-refractivity contribution in [2.24, 2.45) is 0 Å². The molecule has 152 valence electrons. The molecule has 0 radical (unpaired) electrons. The third-order valence-corrected chi connectivity index (χ3v) is 4.67. The molecule has 0 aromatic carbocycles. The SMILES string of the molecule is O=C(Nc1ccnc(C(F)F)c1)Nc1cnc2ccnn2c1C1(C(F)(F)F)CC1. The van der Waals surface area contributed by atoms with Crippen molar-refractivity contribution >= 4 is 23.1 Å². The van der Waals surface area contributed by atoms with E-state index in [0.29, 0.717) is 0 Å².